The number of carbonyl (C=O) groups excluding carboxylic acids is 1. The summed E-state index contributed by atoms with van der Waals surface area (Å²) >= 11 is 0. The van der Waals surface area contributed by atoms with Crippen molar-refractivity contribution in [3.8, 4) is 34.5 Å². The maximum Gasteiger partial charge on any atom is 0.302 e. The summed E-state index contributed by atoms with van der Waals surface area (Å²) in [6.45, 7) is 1.44. The Morgan fingerprint density at radius 2 is 1.41 bits per heavy atom. The molecule has 0 amide bonds. The number of rotatable bonds is 9. The van der Waals surface area contributed by atoms with Gasteiger partial charge in [-0.15, -0.1) is 0 Å². The third kappa shape index (κ3) is 4.92. The molecular formula is C24H30O10. The van der Waals surface area contributed by atoms with Gasteiger partial charge in [0.2, 0.25) is 11.5 Å². The first-order chi connectivity index (χ1) is 16.2. The standard InChI is InChI=1S/C24H30O10/c1-12(25)33-11-16-15(21(26)13-6-17(29-2)22(27)18(7-13)30-3)10-34-24(16)14-8-19(31-4)23(28)20(9-14)32-5/h6-9,15-16,21,24,26-28H,10-11H2,1-5H3/t15-,16-,21+,24+/m1/s1. The van der Waals surface area contributed by atoms with Gasteiger partial charge in [0.05, 0.1) is 53.9 Å². The van der Waals surface area contributed by atoms with Crippen LogP contribution in [0.4, 0.5) is 0 Å². The minimum atomic E-state index is -1.06. The van der Waals surface area contributed by atoms with Crippen molar-refractivity contribution < 1.29 is 48.5 Å². The fraction of sp³-hybridized carbons (Fsp3) is 0.458. The number of aliphatic hydroxyl groups excluding tert-OH is 1. The Kier molecular flexibility index (Phi) is 7.95. The van der Waals surface area contributed by atoms with Crippen molar-refractivity contribution in [1.82, 2.24) is 0 Å². The molecule has 2 aromatic rings. The average Bonchev–Trinajstić information content (AvgIpc) is 3.26. The minimum absolute atomic E-state index is 0.0143. The van der Waals surface area contributed by atoms with Crippen molar-refractivity contribution >= 4 is 5.97 Å². The summed E-state index contributed by atoms with van der Waals surface area (Å²) in [6, 6.07) is 6.27. The molecule has 0 saturated carbocycles. The van der Waals surface area contributed by atoms with Crippen molar-refractivity contribution in [2.45, 2.75) is 19.1 Å². The molecule has 1 saturated heterocycles. The molecule has 0 spiro atoms. The summed E-state index contributed by atoms with van der Waals surface area (Å²) in [5, 5.41) is 31.8. The molecule has 1 aliphatic rings. The first-order valence-electron chi connectivity index (χ1n) is 10.6. The van der Waals surface area contributed by atoms with Gasteiger partial charge in [-0.3, -0.25) is 4.79 Å². The van der Waals surface area contributed by atoms with Gasteiger partial charge in [-0.1, -0.05) is 0 Å². The summed E-state index contributed by atoms with van der Waals surface area (Å²) in [7, 11) is 5.63. The molecule has 4 atom stereocenters. The number of methoxy groups -OCH3 is 4. The number of phenols is 2. The number of esters is 1. The minimum Gasteiger partial charge on any atom is -0.502 e. The van der Waals surface area contributed by atoms with Crippen LogP contribution >= 0.6 is 0 Å². The maximum atomic E-state index is 11.6. The molecule has 10 heteroatoms. The summed E-state index contributed by atoms with van der Waals surface area (Å²) < 4.78 is 32.3. The van der Waals surface area contributed by atoms with Crippen LogP contribution in [0.2, 0.25) is 0 Å². The Hall–Kier alpha value is -3.37. The molecule has 0 aliphatic carbocycles. The highest BCUT2D eigenvalue weighted by Crippen LogP contribution is 2.49. The largest absolute Gasteiger partial charge is 0.502 e. The zero-order valence-corrected chi connectivity index (χ0v) is 19.7. The number of ether oxygens (including phenoxy) is 6. The summed E-state index contributed by atoms with van der Waals surface area (Å²) in [5.41, 5.74) is 1.06. The van der Waals surface area contributed by atoms with Crippen molar-refractivity contribution in [2.75, 3.05) is 41.7 Å². The monoisotopic (exact) mass is 478 g/mol. The lowest BCUT2D eigenvalue weighted by molar-refractivity contribution is -0.143. The zero-order valence-electron chi connectivity index (χ0n) is 19.7. The van der Waals surface area contributed by atoms with Crippen LogP contribution in [0.3, 0.4) is 0 Å². The molecular weight excluding hydrogens is 448 g/mol. The van der Waals surface area contributed by atoms with E-state index in [9.17, 15) is 20.1 Å². The van der Waals surface area contributed by atoms with Gasteiger partial charge in [-0.2, -0.15) is 0 Å². The third-order valence-electron chi connectivity index (χ3n) is 5.97. The number of phenolic OH excluding ortho intramolecular Hbond substituents is 2. The second-order valence-electron chi connectivity index (χ2n) is 7.88. The van der Waals surface area contributed by atoms with Gasteiger partial charge >= 0.3 is 5.97 Å². The molecule has 1 heterocycles. The van der Waals surface area contributed by atoms with E-state index >= 15 is 0 Å². The van der Waals surface area contributed by atoms with Crippen LogP contribution in [-0.4, -0.2) is 62.9 Å². The topological polar surface area (TPSA) is 133 Å². The van der Waals surface area contributed by atoms with Crippen molar-refractivity contribution in [3.05, 3.63) is 35.4 Å². The van der Waals surface area contributed by atoms with Crippen LogP contribution in [0.5, 0.6) is 34.5 Å². The van der Waals surface area contributed by atoms with E-state index in [1.54, 1.807) is 12.1 Å². The lowest BCUT2D eigenvalue weighted by atomic mass is 9.82. The Balaban J connectivity index is 2.00. The van der Waals surface area contributed by atoms with Crippen molar-refractivity contribution in [2.24, 2.45) is 11.8 Å². The first-order valence-corrected chi connectivity index (χ1v) is 10.6. The van der Waals surface area contributed by atoms with E-state index in [1.165, 1.54) is 47.5 Å². The van der Waals surface area contributed by atoms with E-state index in [-0.39, 0.29) is 47.7 Å². The van der Waals surface area contributed by atoms with E-state index < -0.39 is 30.0 Å². The molecule has 0 aromatic heterocycles. The van der Waals surface area contributed by atoms with Gasteiger partial charge < -0.3 is 43.7 Å². The quantitative estimate of drug-likeness (QED) is 0.462. The highest BCUT2D eigenvalue weighted by Gasteiger charge is 2.44. The van der Waals surface area contributed by atoms with Gasteiger partial charge in [0.25, 0.3) is 0 Å². The number of hydrogen-bond donors (Lipinski definition) is 3. The van der Waals surface area contributed by atoms with Gasteiger partial charge in [0, 0.05) is 18.8 Å². The Labute approximate surface area is 197 Å². The molecule has 0 unspecified atom stereocenters. The summed E-state index contributed by atoms with van der Waals surface area (Å²) in [4.78, 5) is 11.6. The molecule has 2 aromatic carbocycles. The van der Waals surface area contributed by atoms with Crippen LogP contribution in [0.1, 0.15) is 30.3 Å². The summed E-state index contributed by atoms with van der Waals surface area (Å²) in [5.74, 6) is -1.06. The predicted molar refractivity (Wildman–Crippen MR) is 120 cm³/mol. The second kappa shape index (κ2) is 10.7. The lowest BCUT2D eigenvalue weighted by Gasteiger charge is -2.27. The number of aromatic hydroxyl groups is 2. The molecule has 1 fully saturated rings. The highest BCUT2D eigenvalue weighted by molar-refractivity contribution is 5.66. The number of carbonyl (C=O) groups is 1. The Bertz CT molecular complexity index is 971. The van der Waals surface area contributed by atoms with Gasteiger partial charge in [-0.25, -0.2) is 0 Å². The fourth-order valence-corrected chi connectivity index (χ4v) is 4.19. The molecule has 1 aliphatic heterocycles. The lowest BCUT2D eigenvalue weighted by Crippen LogP contribution is -2.27. The molecule has 0 bridgehead atoms. The normalized spacial score (nSPS) is 20.5. The smallest absolute Gasteiger partial charge is 0.302 e. The number of aliphatic hydroxyl groups is 1. The van der Waals surface area contributed by atoms with E-state index in [0.29, 0.717) is 11.1 Å². The third-order valence-corrected chi connectivity index (χ3v) is 5.97. The molecule has 186 valence electrons. The van der Waals surface area contributed by atoms with Crippen LogP contribution in [-0.2, 0) is 14.3 Å². The number of benzene rings is 2. The Morgan fingerprint density at radius 1 is 0.941 bits per heavy atom. The number of hydrogen-bond acceptors (Lipinski definition) is 10. The van der Waals surface area contributed by atoms with Gasteiger partial charge in [-0.05, 0) is 35.4 Å². The second-order valence-corrected chi connectivity index (χ2v) is 7.88. The fourth-order valence-electron chi connectivity index (χ4n) is 4.19. The molecule has 10 nitrogen and oxygen atoms in total. The SMILES string of the molecule is COc1cc([C@H](O)[C@@H]2CO[C@@H](c3cc(OC)c(O)c(OC)c3)[C@@H]2COC(C)=O)cc(OC)c1O. The molecule has 3 rings (SSSR count). The van der Waals surface area contributed by atoms with Crippen molar-refractivity contribution in [1.29, 1.82) is 0 Å². The zero-order chi connectivity index (χ0) is 25.0. The van der Waals surface area contributed by atoms with E-state index in [0.717, 1.165) is 0 Å². The van der Waals surface area contributed by atoms with Crippen LogP contribution in [0.25, 0.3) is 0 Å². The molecule has 34 heavy (non-hydrogen) atoms. The van der Waals surface area contributed by atoms with Crippen LogP contribution in [0.15, 0.2) is 24.3 Å². The average molecular weight is 478 g/mol. The van der Waals surface area contributed by atoms with Crippen LogP contribution in [0, 0.1) is 11.8 Å². The van der Waals surface area contributed by atoms with E-state index in [4.69, 9.17) is 28.4 Å². The first kappa shape index (κ1) is 25.3. The maximum absolute atomic E-state index is 11.6. The predicted octanol–water partition coefficient (Wildman–Crippen LogP) is 2.73. The highest BCUT2D eigenvalue weighted by atomic mass is 16.5. The van der Waals surface area contributed by atoms with E-state index in [2.05, 4.69) is 0 Å². The van der Waals surface area contributed by atoms with Gasteiger partial charge in [0.15, 0.2) is 23.0 Å². The summed E-state index contributed by atoms with van der Waals surface area (Å²) in [6.07, 6.45) is -1.65. The molecule has 3 N–H and O–H groups in total. The van der Waals surface area contributed by atoms with Gasteiger partial charge in [0.1, 0.15) is 0 Å². The Morgan fingerprint density at radius 3 is 1.85 bits per heavy atom. The van der Waals surface area contributed by atoms with E-state index in [1.807, 2.05) is 0 Å². The molecule has 0 radical (unpaired) electrons. The van der Waals surface area contributed by atoms with Crippen LogP contribution < -0.4 is 18.9 Å². The van der Waals surface area contributed by atoms with Crippen molar-refractivity contribution in [3.63, 3.8) is 0 Å².